The van der Waals surface area contributed by atoms with Crippen LogP contribution in [0, 0.1) is 0 Å². The van der Waals surface area contributed by atoms with Crippen LogP contribution in [0.15, 0.2) is 53.7 Å². The third-order valence-electron chi connectivity index (χ3n) is 4.21. The molecule has 2 aromatic rings. The zero-order chi connectivity index (χ0) is 18.9. The first-order chi connectivity index (χ1) is 12.5. The van der Waals surface area contributed by atoms with Crippen molar-refractivity contribution >= 4 is 35.8 Å². The maximum absolute atomic E-state index is 11.9. The second kappa shape index (κ2) is 11.6. The maximum Gasteiger partial charge on any atom is 0.243 e. The molecule has 27 heavy (non-hydrogen) atoms. The van der Waals surface area contributed by atoms with Crippen LogP contribution < -0.4 is 5.32 Å². The highest BCUT2D eigenvalue weighted by Gasteiger charge is 2.10. The largest absolute Gasteiger partial charge is 0.356 e. The molecule has 0 bridgehead atoms. The number of halogens is 1. The van der Waals surface area contributed by atoms with Crippen molar-refractivity contribution in [3.63, 3.8) is 0 Å². The van der Waals surface area contributed by atoms with Crippen LogP contribution in [0.5, 0.6) is 0 Å². The number of hydrogen-bond donors (Lipinski definition) is 1. The lowest BCUT2D eigenvalue weighted by Crippen LogP contribution is -2.40. The Morgan fingerprint density at radius 2 is 1.81 bits per heavy atom. The predicted octanol–water partition coefficient (Wildman–Crippen LogP) is 2.35. The van der Waals surface area contributed by atoms with Gasteiger partial charge in [-0.25, -0.2) is 4.99 Å². The average molecular weight is 483 g/mol. The molecule has 0 spiro atoms. The lowest BCUT2D eigenvalue weighted by Gasteiger charge is -2.23. The summed E-state index contributed by atoms with van der Waals surface area (Å²) in [6.45, 7) is 1.62. The molecule has 0 fully saturated rings. The fraction of sp³-hybridized carbons (Fsp3) is 0.400. The van der Waals surface area contributed by atoms with Gasteiger partial charge in [0.2, 0.25) is 5.91 Å². The summed E-state index contributed by atoms with van der Waals surface area (Å²) < 4.78 is 2.09. The summed E-state index contributed by atoms with van der Waals surface area (Å²) in [7, 11) is 7.50. The molecule has 6 nitrogen and oxygen atoms in total. The molecule has 0 saturated heterocycles. The first-order valence-electron chi connectivity index (χ1n) is 8.81. The molecule has 1 N–H and O–H groups in total. The van der Waals surface area contributed by atoms with Gasteiger partial charge < -0.3 is 19.7 Å². The highest BCUT2D eigenvalue weighted by atomic mass is 127. The Morgan fingerprint density at radius 1 is 1.11 bits per heavy atom. The summed E-state index contributed by atoms with van der Waals surface area (Å²) in [4.78, 5) is 20.0. The normalized spacial score (nSPS) is 10.9. The van der Waals surface area contributed by atoms with Crippen molar-refractivity contribution < 1.29 is 4.79 Å². The second-order valence-electron chi connectivity index (χ2n) is 6.56. The van der Waals surface area contributed by atoms with Gasteiger partial charge in [0, 0.05) is 46.6 Å². The molecule has 0 aliphatic heterocycles. The predicted molar refractivity (Wildman–Crippen MR) is 121 cm³/mol. The van der Waals surface area contributed by atoms with Gasteiger partial charge in [-0.3, -0.25) is 4.79 Å². The van der Waals surface area contributed by atoms with Gasteiger partial charge in [-0.1, -0.05) is 30.3 Å². The number of carbonyl (C=O) groups is 1. The first-order valence-corrected chi connectivity index (χ1v) is 8.81. The van der Waals surface area contributed by atoms with Crippen molar-refractivity contribution in [3.05, 3.63) is 59.9 Å². The van der Waals surface area contributed by atoms with Crippen molar-refractivity contribution in [1.82, 2.24) is 19.7 Å². The minimum atomic E-state index is -0.0142. The highest BCUT2D eigenvalue weighted by Crippen LogP contribution is 2.04. The van der Waals surface area contributed by atoms with Gasteiger partial charge in [0.1, 0.15) is 6.54 Å². The molecule has 0 saturated carbocycles. The number of likely N-dealkylation sites (N-methyl/N-ethyl adjacent to an activating group) is 1. The van der Waals surface area contributed by atoms with Crippen LogP contribution in [0.2, 0.25) is 0 Å². The molecule has 1 aromatic carbocycles. The Kier molecular flexibility index (Phi) is 9.92. The Labute approximate surface area is 179 Å². The molecule has 0 radical (unpaired) electrons. The van der Waals surface area contributed by atoms with Gasteiger partial charge in [-0.05, 0) is 24.1 Å². The summed E-state index contributed by atoms with van der Waals surface area (Å²) in [5.41, 5.74) is 2.46. The van der Waals surface area contributed by atoms with Gasteiger partial charge in [-0.15, -0.1) is 24.0 Å². The van der Waals surface area contributed by atoms with Crippen molar-refractivity contribution in [3.8, 4) is 0 Å². The monoisotopic (exact) mass is 483 g/mol. The molecule has 1 aromatic heterocycles. The molecule has 0 aliphatic rings. The summed E-state index contributed by atoms with van der Waals surface area (Å²) >= 11 is 0. The van der Waals surface area contributed by atoms with E-state index in [1.54, 1.807) is 19.0 Å². The van der Waals surface area contributed by atoms with Crippen LogP contribution >= 0.6 is 24.0 Å². The summed E-state index contributed by atoms with van der Waals surface area (Å²) in [6, 6.07) is 14.4. The third kappa shape index (κ3) is 7.62. The topological polar surface area (TPSA) is 52.9 Å². The standard InChI is InChI=1S/C20H29N5O.HI/c1-23(2)19(26)15-22-20(21-13-12-17-9-6-5-7-10-17)25(4)16-18-11-8-14-24(18)3;/h5-11,14H,12-13,15-16H2,1-4H3,(H,21,22);1H. The van der Waals surface area contributed by atoms with Gasteiger partial charge in [0.25, 0.3) is 0 Å². The van der Waals surface area contributed by atoms with E-state index in [4.69, 9.17) is 0 Å². The zero-order valence-electron chi connectivity index (χ0n) is 16.6. The van der Waals surface area contributed by atoms with Gasteiger partial charge >= 0.3 is 0 Å². The molecule has 0 aliphatic carbocycles. The number of nitrogens with one attached hydrogen (secondary N) is 1. The van der Waals surface area contributed by atoms with E-state index in [0.717, 1.165) is 25.5 Å². The number of amides is 1. The molecular weight excluding hydrogens is 453 g/mol. The van der Waals surface area contributed by atoms with Crippen molar-refractivity contribution in [2.75, 3.05) is 34.2 Å². The van der Waals surface area contributed by atoms with Crippen LogP contribution in [0.1, 0.15) is 11.3 Å². The lowest BCUT2D eigenvalue weighted by molar-refractivity contribution is -0.127. The number of aliphatic imine (C=N–C) groups is 1. The van der Waals surface area contributed by atoms with Crippen molar-refractivity contribution in [2.24, 2.45) is 12.0 Å². The fourth-order valence-electron chi connectivity index (χ4n) is 2.54. The van der Waals surface area contributed by atoms with Crippen LogP contribution in [0.25, 0.3) is 0 Å². The number of aromatic nitrogens is 1. The molecule has 1 amide bonds. The smallest absolute Gasteiger partial charge is 0.243 e. The Bertz CT molecular complexity index is 727. The summed E-state index contributed by atoms with van der Waals surface area (Å²) in [5, 5.41) is 3.39. The highest BCUT2D eigenvalue weighted by molar-refractivity contribution is 14.0. The van der Waals surface area contributed by atoms with Crippen LogP contribution in [-0.2, 0) is 24.8 Å². The number of rotatable bonds is 7. The number of guanidine groups is 1. The van der Waals surface area contributed by atoms with E-state index < -0.39 is 0 Å². The lowest BCUT2D eigenvalue weighted by atomic mass is 10.1. The van der Waals surface area contributed by atoms with Gasteiger partial charge in [0.15, 0.2) is 5.96 Å². The molecule has 0 unspecified atom stereocenters. The zero-order valence-corrected chi connectivity index (χ0v) is 18.9. The van der Waals surface area contributed by atoms with E-state index in [9.17, 15) is 4.79 Å². The summed E-state index contributed by atoms with van der Waals surface area (Å²) in [6.07, 6.45) is 2.93. The number of hydrogen-bond acceptors (Lipinski definition) is 2. The molecule has 0 atom stereocenters. The quantitative estimate of drug-likeness (QED) is 0.374. The average Bonchev–Trinajstić information content (AvgIpc) is 3.03. The van der Waals surface area contributed by atoms with Gasteiger partial charge in [-0.2, -0.15) is 0 Å². The molecule has 7 heteroatoms. The van der Waals surface area contributed by atoms with Crippen molar-refractivity contribution in [1.29, 1.82) is 0 Å². The molecule has 1 heterocycles. The van der Waals surface area contributed by atoms with Crippen molar-refractivity contribution in [2.45, 2.75) is 13.0 Å². The molecule has 2 rings (SSSR count). The first kappa shape index (κ1) is 23.0. The van der Waals surface area contributed by atoms with E-state index in [2.05, 4.69) is 33.1 Å². The number of carbonyl (C=O) groups excluding carboxylic acids is 1. The minimum Gasteiger partial charge on any atom is -0.356 e. The van der Waals surface area contributed by atoms with Crippen LogP contribution in [-0.4, -0.2) is 60.5 Å². The van der Waals surface area contributed by atoms with E-state index in [-0.39, 0.29) is 36.4 Å². The number of nitrogens with zero attached hydrogens (tertiary/aromatic N) is 4. The maximum atomic E-state index is 11.9. The van der Waals surface area contributed by atoms with E-state index in [1.807, 2.05) is 49.5 Å². The second-order valence-corrected chi connectivity index (χ2v) is 6.56. The van der Waals surface area contributed by atoms with E-state index in [0.29, 0.717) is 0 Å². The summed E-state index contributed by atoms with van der Waals surface area (Å²) in [5.74, 6) is 0.719. The molecular formula is C20H30IN5O. The van der Waals surface area contributed by atoms with E-state index in [1.165, 1.54) is 11.3 Å². The minimum absolute atomic E-state index is 0. The fourth-order valence-corrected chi connectivity index (χ4v) is 2.54. The van der Waals surface area contributed by atoms with Gasteiger partial charge in [0.05, 0.1) is 6.54 Å². The Morgan fingerprint density at radius 3 is 2.41 bits per heavy atom. The number of aryl methyl sites for hydroxylation is 1. The third-order valence-corrected chi connectivity index (χ3v) is 4.21. The molecule has 148 valence electrons. The van der Waals surface area contributed by atoms with Crippen LogP contribution in [0.3, 0.4) is 0 Å². The van der Waals surface area contributed by atoms with E-state index >= 15 is 0 Å². The Hall–Kier alpha value is -2.03. The van der Waals surface area contributed by atoms with Crippen LogP contribution in [0.4, 0.5) is 0 Å². The number of benzene rings is 1. The Balaban J connectivity index is 0.00000364. The SMILES string of the molecule is CN(C)C(=O)CN=C(NCCc1ccccc1)N(C)Cc1cccn1C.I.